The molecule has 0 saturated carbocycles. The molecule has 1 aromatic rings. The predicted octanol–water partition coefficient (Wildman–Crippen LogP) is 2.00. The first-order valence-electron chi connectivity index (χ1n) is 4.93. The first-order chi connectivity index (χ1) is 6.99. The van der Waals surface area contributed by atoms with E-state index in [0.717, 1.165) is 0 Å². The molecule has 0 amide bonds. The van der Waals surface area contributed by atoms with Crippen molar-refractivity contribution in [1.29, 1.82) is 0 Å². The zero-order valence-corrected chi connectivity index (χ0v) is 9.06. The maximum atomic E-state index is 11.4. The first kappa shape index (κ1) is 11.7. The molecule has 0 spiro atoms. The minimum Gasteiger partial charge on any atom is -0.462 e. The maximum Gasteiger partial charge on any atom is 0.338 e. The van der Waals surface area contributed by atoms with Crippen LogP contribution in [0.1, 0.15) is 30.6 Å². The zero-order valence-electron chi connectivity index (χ0n) is 9.06. The van der Waals surface area contributed by atoms with Crippen molar-refractivity contribution in [1.82, 2.24) is 0 Å². The summed E-state index contributed by atoms with van der Waals surface area (Å²) in [5.41, 5.74) is -0.259. The standard InChI is InChI=1S/C12H16O3/c1-12(2,14)8-9-15-11(13)10-6-4-3-5-7-10/h3-7,14H,8-9H2,1-2H3. The van der Waals surface area contributed by atoms with Gasteiger partial charge in [-0.25, -0.2) is 4.79 Å². The van der Waals surface area contributed by atoms with Gasteiger partial charge in [0.2, 0.25) is 0 Å². The summed E-state index contributed by atoms with van der Waals surface area (Å²) < 4.78 is 5.01. The molecule has 1 rings (SSSR count). The van der Waals surface area contributed by atoms with Crippen molar-refractivity contribution in [2.24, 2.45) is 0 Å². The van der Waals surface area contributed by atoms with Crippen molar-refractivity contribution in [3.8, 4) is 0 Å². The Bertz CT molecular complexity index is 311. The molecule has 0 atom stereocenters. The molecule has 1 aromatic carbocycles. The summed E-state index contributed by atoms with van der Waals surface area (Å²) in [4.78, 5) is 11.4. The summed E-state index contributed by atoms with van der Waals surface area (Å²) in [6.07, 6.45) is 0.436. The lowest BCUT2D eigenvalue weighted by Crippen LogP contribution is -2.22. The van der Waals surface area contributed by atoms with E-state index in [-0.39, 0.29) is 12.6 Å². The molecular formula is C12H16O3. The fourth-order valence-corrected chi connectivity index (χ4v) is 1.05. The zero-order chi connectivity index (χ0) is 11.3. The van der Waals surface area contributed by atoms with Crippen LogP contribution in [0.25, 0.3) is 0 Å². The predicted molar refractivity (Wildman–Crippen MR) is 57.6 cm³/mol. The summed E-state index contributed by atoms with van der Waals surface area (Å²) in [7, 11) is 0. The van der Waals surface area contributed by atoms with Crippen molar-refractivity contribution in [3.63, 3.8) is 0 Å². The average molecular weight is 208 g/mol. The number of carbonyl (C=O) groups is 1. The van der Waals surface area contributed by atoms with Gasteiger partial charge < -0.3 is 9.84 Å². The van der Waals surface area contributed by atoms with E-state index >= 15 is 0 Å². The Hall–Kier alpha value is -1.35. The van der Waals surface area contributed by atoms with Gasteiger partial charge in [-0.3, -0.25) is 0 Å². The molecule has 0 fully saturated rings. The van der Waals surface area contributed by atoms with Gasteiger partial charge in [0.25, 0.3) is 0 Å². The van der Waals surface area contributed by atoms with Gasteiger partial charge in [-0.1, -0.05) is 18.2 Å². The van der Waals surface area contributed by atoms with Crippen LogP contribution in [-0.4, -0.2) is 23.3 Å². The molecule has 0 aromatic heterocycles. The Balaban J connectivity index is 2.38. The molecule has 82 valence electrons. The summed E-state index contributed by atoms with van der Waals surface area (Å²) in [5, 5.41) is 9.41. The van der Waals surface area contributed by atoms with Crippen LogP contribution < -0.4 is 0 Å². The van der Waals surface area contributed by atoms with Gasteiger partial charge in [0.05, 0.1) is 17.8 Å². The molecule has 0 aliphatic carbocycles. The Morgan fingerprint density at radius 2 is 1.93 bits per heavy atom. The number of benzene rings is 1. The highest BCUT2D eigenvalue weighted by molar-refractivity contribution is 5.89. The highest BCUT2D eigenvalue weighted by Crippen LogP contribution is 2.08. The Kier molecular flexibility index (Phi) is 3.86. The Morgan fingerprint density at radius 3 is 2.47 bits per heavy atom. The van der Waals surface area contributed by atoms with E-state index in [4.69, 9.17) is 4.74 Å². The molecule has 1 N–H and O–H groups in total. The average Bonchev–Trinajstić information content (AvgIpc) is 2.17. The van der Waals surface area contributed by atoms with Crippen LogP contribution >= 0.6 is 0 Å². The van der Waals surface area contributed by atoms with E-state index in [0.29, 0.717) is 12.0 Å². The van der Waals surface area contributed by atoms with Crippen LogP contribution in [0.5, 0.6) is 0 Å². The van der Waals surface area contributed by atoms with E-state index in [1.807, 2.05) is 6.07 Å². The molecule has 0 aliphatic rings. The molecule has 0 unspecified atom stereocenters. The van der Waals surface area contributed by atoms with E-state index in [9.17, 15) is 9.90 Å². The van der Waals surface area contributed by atoms with E-state index < -0.39 is 5.60 Å². The summed E-state index contributed by atoms with van der Waals surface area (Å²) in [5.74, 6) is -0.347. The fourth-order valence-electron chi connectivity index (χ4n) is 1.05. The molecular weight excluding hydrogens is 192 g/mol. The lowest BCUT2D eigenvalue weighted by atomic mass is 10.1. The second-order valence-corrected chi connectivity index (χ2v) is 4.06. The Morgan fingerprint density at radius 1 is 1.33 bits per heavy atom. The van der Waals surface area contributed by atoms with Gasteiger partial charge in [-0.15, -0.1) is 0 Å². The van der Waals surface area contributed by atoms with Gasteiger partial charge in [0.15, 0.2) is 0 Å². The van der Waals surface area contributed by atoms with Crippen molar-refractivity contribution in [2.45, 2.75) is 25.9 Å². The molecule has 0 radical (unpaired) electrons. The number of ether oxygens (including phenoxy) is 1. The monoisotopic (exact) mass is 208 g/mol. The van der Waals surface area contributed by atoms with E-state index in [2.05, 4.69) is 0 Å². The summed E-state index contributed by atoms with van der Waals surface area (Å²) in [6, 6.07) is 8.81. The molecule has 0 aliphatic heterocycles. The topological polar surface area (TPSA) is 46.5 Å². The first-order valence-corrected chi connectivity index (χ1v) is 4.93. The van der Waals surface area contributed by atoms with Crippen LogP contribution in [0.2, 0.25) is 0 Å². The summed E-state index contributed by atoms with van der Waals surface area (Å²) >= 11 is 0. The van der Waals surface area contributed by atoms with Crippen LogP contribution in [0.3, 0.4) is 0 Å². The van der Waals surface area contributed by atoms with Crippen molar-refractivity contribution < 1.29 is 14.6 Å². The van der Waals surface area contributed by atoms with E-state index in [1.165, 1.54) is 0 Å². The third-order valence-corrected chi connectivity index (χ3v) is 1.96. The van der Waals surface area contributed by atoms with Crippen molar-refractivity contribution >= 4 is 5.97 Å². The minimum absolute atomic E-state index is 0.233. The van der Waals surface area contributed by atoms with Gasteiger partial charge >= 0.3 is 5.97 Å². The number of esters is 1. The number of aliphatic hydroxyl groups is 1. The lowest BCUT2D eigenvalue weighted by Gasteiger charge is -2.16. The lowest BCUT2D eigenvalue weighted by molar-refractivity contribution is 0.0244. The highest BCUT2D eigenvalue weighted by atomic mass is 16.5. The van der Waals surface area contributed by atoms with Gasteiger partial charge in [-0.05, 0) is 26.0 Å². The molecule has 3 heteroatoms. The fraction of sp³-hybridized carbons (Fsp3) is 0.417. The molecule has 0 bridgehead atoms. The Labute approximate surface area is 89.7 Å². The van der Waals surface area contributed by atoms with E-state index in [1.54, 1.807) is 38.1 Å². The quantitative estimate of drug-likeness (QED) is 0.770. The largest absolute Gasteiger partial charge is 0.462 e. The highest BCUT2D eigenvalue weighted by Gasteiger charge is 2.13. The smallest absolute Gasteiger partial charge is 0.338 e. The molecule has 0 saturated heterocycles. The number of carbonyl (C=O) groups excluding carboxylic acids is 1. The number of rotatable bonds is 4. The van der Waals surface area contributed by atoms with Crippen molar-refractivity contribution in [3.05, 3.63) is 35.9 Å². The third-order valence-electron chi connectivity index (χ3n) is 1.96. The molecule has 0 heterocycles. The van der Waals surface area contributed by atoms with Crippen LogP contribution in [0.4, 0.5) is 0 Å². The number of hydrogen-bond acceptors (Lipinski definition) is 3. The summed E-state index contributed by atoms with van der Waals surface area (Å²) in [6.45, 7) is 3.60. The second kappa shape index (κ2) is 4.94. The second-order valence-electron chi connectivity index (χ2n) is 4.06. The van der Waals surface area contributed by atoms with Gasteiger partial charge in [0.1, 0.15) is 0 Å². The van der Waals surface area contributed by atoms with Crippen molar-refractivity contribution in [2.75, 3.05) is 6.61 Å². The molecule has 3 nitrogen and oxygen atoms in total. The van der Waals surface area contributed by atoms with Gasteiger partial charge in [-0.2, -0.15) is 0 Å². The third kappa shape index (κ3) is 4.61. The van der Waals surface area contributed by atoms with Crippen LogP contribution in [0, 0.1) is 0 Å². The maximum absolute atomic E-state index is 11.4. The van der Waals surface area contributed by atoms with Crippen LogP contribution in [-0.2, 0) is 4.74 Å². The minimum atomic E-state index is -0.795. The normalized spacial score (nSPS) is 11.1. The molecule has 15 heavy (non-hydrogen) atoms. The number of hydrogen-bond donors (Lipinski definition) is 1. The van der Waals surface area contributed by atoms with Gasteiger partial charge in [0, 0.05) is 6.42 Å². The SMILES string of the molecule is CC(C)(O)CCOC(=O)c1ccccc1. The van der Waals surface area contributed by atoms with Crippen LogP contribution in [0.15, 0.2) is 30.3 Å².